The Hall–Kier alpha value is -1.14. The van der Waals surface area contributed by atoms with Crippen LogP contribution in [0.1, 0.15) is 25.7 Å². The molecule has 2 unspecified atom stereocenters. The van der Waals surface area contributed by atoms with Crippen LogP contribution in [0.25, 0.3) is 0 Å². The number of hydrogen-bond acceptors (Lipinski definition) is 4. The first-order valence-corrected chi connectivity index (χ1v) is 7.69. The Balaban J connectivity index is 2.75. The van der Waals surface area contributed by atoms with Crippen molar-refractivity contribution in [3.8, 4) is 0 Å². The quantitative estimate of drug-likeness (QED) is 0.734. The summed E-state index contributed by atoms with van der Waals surface area (Å²) >= 11 is 0. The van der Waals surface area contributed by atoms with E-state index >= 15 is 0 Å². The molecular formula is C15H29N3O3. The molecule has 1 aliphatic rings. The van der Waals surface area contributed by atoms with Gasteiger partial charge in [-0.3, -0.25) is 9.59 Å². The number of carbonyl (C=O) groups excluding carboxylic acids is 2. The van der Waals surface area contributed by atoms with E-state index in [0.717, 1.165) is 25.7 Å². The third kappa shape index (κ3) is 5.28. The molecule has 0 spiro atoms. The molecular weight excluding hydrogens is 270 g/mol. The number of amides is 2. The van der Waals surface area contributed by atoms with E-state index < -0.39 is 0 Å². The van der Waals surface area contributed by atoms with Crippen LogP contribution in [0.5, 0.6) is 0 Å². The van der Waals surface area contributed by atoms with E-state index in [1.54, 1.807) is 26.1 Å². The van der Waals surface area contributed by atoms with Crippen molar-refractivity contribution in [2.75, 3.05) is 47.4 Å². The van der Waals surface area contributed by atoms with Crippen LogP contribution in [0.2, 0.25) is 0 Å². The van der Waals surface area contributed by atoms with E-state index in [1.165, 1.54) is 4.90 Å². The number of carbonyl (C=O) groups is 2. The highest BCUT2D eigenvalue weighted by molar-refractivity contribution is 5.86. The molecule has 21 heavy (non-hydrogen) atoms. The lowest BCUT2D eigenvalue weighted by molar-refractivity contribution is -0.144. The van der Waals surface area contributed by atoms with Crippen LogP contribution >= 0.6 is 0 Å². The van der Waals surface area contributed by atoms with Crippen LogP contribution in [0.15, 0.2) is 0 Å². The topological polar surface area (TPSA) is 75.9 Å². The van der Waals surface area contributed by atoms with Gasteiger partial charge in [-0.1, -0.05) is 12.8 Å². The summed E-state index contributed by atoms with van der Waals surface area (Å²) in [5.41, 5.74) is 5.81. The Kier molecular flexibility index (Phi) is 7.67. The van der Waals surface area contributed by atoms with Crippen molar-refractivity contribution >= 4 is 11.8 Å². The Morgan fingerprint density at radius 2 is 1.90 bits per heavy atom. The lowest BCUT2D eigenvalue weighted by Gasteiger charge is -2.34. The molecule has 0 bridgehead atoms. The van der Waals surface area contributed by atoms with E-state index in [4.69, 9.17) is 10.5 Å². The standard InChI is InChI=1S/C15H29N3O3/c1-17(2)14(19)11-18(8-9-21-3)15(20)13-7-5-4-6-12(13)10-16/h12-13H,4-11,16H2,1-3H3. The number of likely N-dealkylation sites (N-methyl/N-ethyl adjacent to an activating group) is 1. The number of nitrogens with zero attached hydrogens (tertiary/aromatic N) is 2. The van der Waals surface area contributed by atoms with Gasteiger partial charge in [0.05, 0.1) is 13.2 Å². The molecule has 0 saturated heterocycles. The van der Waals surface area contributed by atoms with E-state index in [-0.39, 0.29) is 30.2 Å². The van der Waals surface area contributed by atoms with Gasteiger partial charge in [-0.05, 0) is 25.3 Å². The SMILES string of the molecule is COCCN(CC(=O)N(C)C)C(=O)C1CCCCC1CN. The maximum absolute atomic E-state index is 12.8. The zero-order valence-electron chi connectivity index (χ0n) is 13.5. The van der Waals surface area contributed by atoms with Crippen molar-refractivity contribution in [3.63, 3.8) is 0 Å². The average Bonchev–Trinajstić information content (AvgIpc) is 2.50. The molecule has 0 aromatic heterocycles. The van der Waals surface area contributed by atoms with Crippen molar-refractivity contribution in [1.82, 2.24) is 9.80 Å². The molecule has 1 saturated carbocycles. The number of rotatable bonds is 7. The summed E-state index contributed by atoms with van der Waals surface area (Å²) in [7, 11) is 4.99. The predicted octanol–water partition coefficient (Wildman–Crippen LogP) is 0.315. The smallest absolute Gasteiger partial charge is 0.241 e. The molecule has 0 heterocycles. The fraction of sp³-hybridized carbons (Fsp3) is 0.867. The third-order valence-corrected chi connectivity index (χ3v) is 4.23. The molecule has 0 aliphatic heterocycles. The lowest BCUT2D eigenvalue weighted by Crippen LogP contribution is -2.47. The van der Waals surface area contributed by atoms with Gasteiger partial charge in [0.15, 0.2) is 0 Å². The van der Waals surface area contributed by atoms with Crippen molar-refractivity contribution < 1.29 is 14.3 Å². The van der Waals surface area contributed by atoms with E-state index in [2.05, 4.69) is 0 Å². The van der Waals surface area contributed by atoms with Gasteiger partial charge in [0.2, 0.25) is 11.8 Å². The van der Waals surface area contributed by atoms with Crippen LogP contribution in [0.3, 0.4) is 0 Å². The summed E-state index contributed by atoms with van der Waals surface area (Å²) in [6.07, 6.45) is 4.08. The summed E-state index contributed by atoms with van der Waals surface area (Å²) in [6.45, 7) is 1.54. The largest absolute Gasteiger partial charge is 0.383 e. The molecule has 6 nitrogen and oxygen atoms in total. The summed E-state index contributed by atoms with van der Waals surface area (Å²) in [5, 5.41) is 0. The van der Waals surface area contributed by atoms with Crippen LogP contribution in [-0.2, 0) is 14.3 Å². The van der Waals surface area contributed by atoms with Crippen LogP contribution in [-0.4, -0.2) is 69.1 Å². The van der Waals surface area contributed by atoms with Crippen molar-refractivity contribution in [3.05, 3.63) is 0 Å². The molecule has 0 aromatic rings. The Bertz CT molecular complexity index is 347. The molecule has 2 amide bonds. The van der Waals surface area contributed by atoms with Gasteiger partial charge in [-0.2, -0.15) is 0 Å². The van der Waals surface area contributed by atoms with Gasteiger partial charge in [-0.25, -0.2) is 0 Å². The van der Waals surface area contributed by atoms with Crippen LogP contribution in [0, 0.1) is 11.8 Å². The second kappa shape index (κ2) is 9.00. The molecule has 1 fully saturated rings. The molecule has 1 rings (SSSR count). The molecule has 122 valence electrons. The Morgan fingerprint density at radius 3 is 2.48 bits per heavy atom. The van der Waals surface area contributed by atoms with Gasteiger partial charge in [0.25, 0.3) is 0 Å². The summed E-state index contributed by atoms with van der Waals surface area (Å²) in [5.74, 6) is 0.179. The summed E-state index contributed by atoms with van der Waals surface area (Å²) in [6, 6.07) is 0. The minimum atomic E-state index is -0.0699. The highest BCUT2D eigenvalue weighted by atomic mass is 16.5. The third-order valence-electron chi connectivity index (χ3n) is 4.23. The van der Waals surface area contributed by atoms with Crippen molar-refractivity contribution in [1.29, 1.82) is 0 Å². The minimum absolute atomic E-state index is 0.0458. The fourth-order valence-corrected chi connectivity index (χ4v) is 2.82. The first-order chi connectivity index (χ1) is 10.0. The van der Waals surface area contributed by atoms with Crippen molar-refractivity contribution in [2.45, 2.75) is 25.7 Å². The number of nitrogens with two attached hydrogens (primary N) is 1. The second-order valence-corrected chi connectivity index (χ2v) is 5.93. The Morgan fingerprint density at radius 1 is 1.24 bits per heavy atom. The zero-order valence-corrected chi connectivity index (χ0v) is 13.5. The van der Waals surface area contributed by atoms with Crippen LogP contribution in [0.4, 0.5) is 0 Å². The molecule has 2 atom stereocenters. The maximum Gasteiger partial charge on any atom is 0.241 e. The number of ether oxygens (including phenoxy) is 1. The minimum Gasteiger partial charge on any atom is -0.383 e. The molecule has 1 aliphatic carbocycles. The Labute approximate surface area is 127 Å². The summed E-state index contributed by atoms with van der Waals surface area (Å²) in [4.78, 5) is 27.8. The van der Waals surface area contributed by atoms with Gasteiger partial charge in [0.1, 0.15) is 0 Å². The number of hydrogen-bond donors (Lipinski definition) is 1. The van der Waals surface area contributed by atoms with Gasteiger partial charge < -0.3 is 20.3 Å². The lowest BCUT2D eigenvalue weighted by atomic mass is 9.78. The van der Waals surface area contributed by atoms with E-state index in [1.807, 2.05) is 0 Å². The zero-order chi connectivity index (χ0) is 15.8. The fourth-order valence-electron chi connectivity index (χ4n) is 2.82. The monoisotopic (exact) mass is 299 g/mol. The maximum atomic E-state index is 12.8. The highest BCUT2D eigenvalue weighted by Gasteiger charge is 2.33. The van der Waals surface area contributed by atoms with E-state index in [9.17, 15) is 9.59 Å². The van der Waals surface area contributed by atoms with Gasteiger partial charge in [0, 0.05) is 33.7 Å². The second-order valence-electron chi connectivity index (χ2n) is 5.93. The predicted molar refractivity (Wildman–Crippen MR) is 81.7 cm³/mol. The van der Waals surface area contributed by atoms with Crippen LogP contribution < -0.4 is 5.73 Å². The molecule has 2 N–H and O–H groups in total. The van der Waals surface area contributed by atoms with Gasteiger partial charge in [-0.15, -0.1) is 0 Å². The molecule has 6 heteroatoms. The number of methoxy groups -OCH3 is 1. The first-order valence-electron chi connectivity index (χ1n) is 7.69. The molecule has 0 radical (unpaired) electrons. The first kappa shape index (κ1) is 17.9. The van der Waals surface area contributed by atoms with Crippen molar-refractivity contribution in [2.24, 2.45) is 17.6 Å². The van der Waals surface area contributed by atoms with E-state index in [0.29, 0.717) is 19.7 Å². The highest BCUT2D eigenvalue weighted by Crippen LogP contribution is 2.30. The average molecular weight is 299 g/mol. The molecule has 0 aromatic carbocycles. The summed E-state index contributed by atoms with van der Waals surface area (Å²) < 4.78 is 5.06. The normalized spacial score (nSPS) is 21.9. The van der Waals surface area contributed by atoms with Gasteiger partial charge >= 0.3 is 0 Å².